The number of hydrogen-bond donors (Lipinski definition) is 1. The van der Waals surface area contributed by atoms with Crippen molar-refractivity contribution in [1.29, 1.82) is 0 Å². The van der Waals surface area contributed by atoms with Crippen LogP contribution < -0.4 is 4.90 Å². The van der Waals surface area contributed by atoms with Gasteiger partial charge in [0.1, 0.15) is 11.6 Å². The van der Waals surface area contributed by atoms with E-state index in [-0.39, 0.29) is 17.6 Å². The van der Waals surface area contributed by atoms with Crippen molar-refractivity contribution < 1.29 is 9.18 Å². The second-order valence-corrected chi connectivity index (χ2v) is 7.56. The molecule has 150 valence electrons. The highest BCUT2D eigenvalue weighted by atomic mass is 19.1. The minimum Gasteiger partial charge on any atom is -0.355 e. The molecule has 4 rings (SSSR count). The van der Waals surface area contributed by atoms with E-state index in [4.69, 9.17) is 0 Å². The predicted molar refractivity (Wildman–Crippen MR) is 110 cm³/mol. The number of pyridine rings is 1. The second-order valence-electron chi connectivity index (χ2n) is 7.56. The zero-order chi connectivity index (χ0) is 20.4. The van der Waals surface area contributed by atoms with Crippen molar-refractivity contribution in [2.75, 3.05) is 32.1 Å². The Morgan fingerprint density at radius 3 is 2.79 bits per heavy atom. The molecule has 0 unspecified atom stereocenters. The molecule has 1 aliphatic heterocycles. The second kappa shape index (κ2) is 8.03. The number of nitrogens with one attached hydrogen (secondary N) is 1. The molecule has 1 amide bonds. The molecule has 7 heteroatoms. The summed E-state index contributed by atoms with van der Waals surface area (Å²) in [5.41, 5.74) is 3.58. The molecule has 1 fully saturated rings. The molecule has 1 saturated heterocycles. The van der Waals surface area contributed by atoms with Crippen molar-refractivity contribution >= 4 is 11.7 Å². The predicted octanol–water partition coefficient (Wildman–Crippen LogP) is 3.70. The molecule has 0 aliphatic carbocycles. The average Bonchev–Trinajstić information content (AvgIpc) is 3.24. The summed E-state index contributed by atoms with van der Waals surface area (Å²) in [7, 11) is 3.50. The van der Waals surface area contributed by atoms with Crippen LogP contribution in [0.3, 0.4) is 0 Å². The van der Waals surface area contributed by atoms with E-state index >= 15 is 0 Å². The maximum atomic E-state index is 13.3. The summed E-state index contributed by atoms with van der Waals surface area (Å²) >= 11 is 0. The van der Waals surface area contributed by atoms with E-state index in [0.29, 0.717) is 5.56 Å². The standard InChI is InChI=1S/C22H24FN5O/c1-27(2)22(29)18-6-3-11-24-21(18)28-12-4-5-16(14-28)20-19(13-25-26-20)15-7-9-17(23)10-8-15/h3,6-11,13,16H,4-5,12,14H2,1-2H3,(H,25,26)/t16-/m0/s1. The lowest BCUT2D eigenvalue weighted by molar-refractivity contribution is 0.0827. The molecule has 0 saturated carbocycles. The van der Waals surface area contributed by atoms with E-state index < -0.39 is 0 Å². The van der Waals surface area contributed by atoms with Crippen LogP contribution in [0.1, 0.15) is 34.8 Å². The average molecular weight is 393 g/mol. The van der Waals surface area contributed by atoms with Crippen LogP contribution in [0.2, 0.25) is 0 Å². The zero-order valence-corrected chi connectivity index (χ0v) is 16.6. The quantitative estimate of drug-likeness (QED) is 0.734. The van der Waals surface area contributed by atoms with Crippen LogP contribution in [0.25, 0.3) is 11.1 Å². The van der Waals surface area contributed by atoms with Gasteiger partial charge in [0.15, 0.2) is 0 Å². The molecule has 0 radical (unpaired) electrons. The summed E-state index contributed by atoms with van der Waals surface area (Å²) < 4.78 is 13.3. The van der Waals surface area contributed by atoms with Crippen LogP contribution in [0.4, 0.5) is 10.2 Å². The van der Waals surface area contributed by atoms with Gasteiger partial charge >= 0.3 is 0 Å². The van der Waals surface area contributed by atoms with Gasteiger partial charge in [0.05, 0.1) is 11.8 Å². The molecule has 1 N–H and O–H groups in total. The number of carbonyl (C=O) groups is 1. The van der Waals surface area contributed by atoms with Crippen LogP contribution in [-0.4, -0.2) is 53.2 Å². The highest BCUT2D eigenvalue weighted by Gasteiger charge is 2.28. The molecular weight excluding hydrogens is 369 g/mol. The van der Waals surface area contributed by atoms with E-state index in [1.807, 2.05) is 6.07 Å². The minimum atomic E-state index is -0.254. The van der Waals surface area contributed by atoms with Crippen LogP contribution in [0, 0.1) is 5.82 Å². The summed E-state index contributed by atoms with van der Waals surface area (Å²) in [6, 6.07) is 10.1. The lowest BCUT2D eigenvalue weighted by Gasteiger charge is -2.34. The highest BCUT2D eigenvalue weighted by Crippen LogP contribution is 2.35. The van der Waals surface area contributed by atoms with Gasteiger partial charge in [-0.2, -0.15) is 5.10 Å². The number of rotatable bonds is 4. The van der Waals surface area contributed by atoms with Gasteiger partial charge in [-0.15, -0.1) is 0 Å². The number of benzene rings is 1. The third-order valence-electron chi connectivity index (χ3n) is 5.38. The number of aromatic nitrogens is 3. The maximum absolute atomic E-state index is 13.3. The minimum absolute atomic E-state index is 0.0521. The van der Waals surface area contributed by atoms with Gasteiger partial charge in [-0.25, -0.2) is 9.37 Å². The number of hydrogen-bond acceptors (Lipinski definition) is 4. The van der Waals surface area contributed by atoms with Crippen molar-refractivity contribution in [3.63, 3.8) is 0 Å². The van der Waals surface area contributed by atoms with Crippen molar-refractivity contribution in [1.82, 2.24) is 20.1 Å². The van der Waals surface area contributed by atoms with E-state index in [9.17, 15) is 9.18 Å². The number of anilines is 1. The van der Waals surface area contributed by atoms with Crippen molar-refractivity contribution in [2.45, 2.75) is 18.8 Å². The summed E-state index contributed by atoms with van der Waals surface area (Å²) in [5.74, 6) is 0.633. The molecule has 2 aromatic heterocycles. The van der Waals surface area contributed by atoms with Gasteiger partial charge in [0.2, 0.25) is 0 Å². The molecule has 1 aromatic carbocycles. The van der Waals surface area contributed by atoms with Gasteiger partial charge in [0.25, 0.3) is 5.91 Å². The number of amides is 1. The van der Waals surface area contributed by atoms with Crippen molar-refractivity contribution in [3.05, 3.63) is 65.9 Å². The van der Waals surface area contributed by atoms with Gasteiger partial charge in [-0.3, -0.25) is 9.89 Å². The fourth-order valence-electron chi connectivity index (χ4n) is 3.93. The number of aromatic amines is 1. The maximum Gasteiger partial charge on any atom is 0.257 e. The Morgan fingerprint density at radius 1 is 1.24 bits per heavy atom. The summed E-state index contributed by atoms with van der Waals surface area (Å²) in [6.45, 7) is 1.59. The van der Waals surface area contributed by atoms with Crippen LogP contribution in [0.15, 0.2) is 48.8 Å². The molecule has 29 heavy (non-hydrogen) atoms. The van der Waals surface area contributed by atoms with Crippen molar-refractivity contribution in [3.8, 4) is 11.1 Å². The molecule has 6 nitrogen and oxygen atoms in total. The number of carbonyl (C=O) groups excluding carboxylic acids is 1. The summed E-state index contributed by atoms with van der Waals surface area (Å²) in [5, 5.41) is 7.40. The fourth-order valence-corrected chi connectivity index (χ4v) is 3.93. The van der Waals surface area contributed by atoms with E-state index in [1.54, 1.807) is 49.6 Å². The van der Waals surface area contributed by atoms with Crippen LogP contribution in [0.5, 0.6) is 0 Å². The monoisotopic (exact) mass is 393 g/mol. The van der Waals surface area contributed by atoms with E-state index in [1.165, 1.54) is 12.1 Å². The first kappa shape index (κ1) is 19.1. The van der Waals surface area contributed by atoms with Crippen molar-refractivity contribution in [2.24, 2.45) is 0 Å². The normalized spacial score (nSPS) is 16.7. The lowest BCUT2D eigenvalue weighted by Crippen LogP contribution is -2.37. The Balaban J connectivity index is 1.62. The van der Waals surface area contributed by atoms with Gasteiger partial charge < -0.3 is 9.80 Å². The van der Waals surface area contributed by atoms with Gasteiger partial charge in [-0.05, 0) is 42.7 Å². The third kappa shape index (κ3) is 3.85. The Labute approximate surface area is 169 Å². The molecule has 3 aromatic rings. The summed E-state index contributed by atoms with van der Waals surface area (Å²) in [6.07, 6.45) is 5.52. The van der Waals surface area contributed by atoms with Crippen LogP contribution >= 0.6 is 0 Å². The molecule has 3 heterocycles. The Hall–Kier alpha value is -3.22. The first-order valence-corrected chi connectivity index (χ1v) is 9.75. The summed E-state index contributed by atoms with van der Waals surface area (Å²) in [4.78, 5) is 20.9. The highest BCUT2D eigenvalue weighted by molar-refractivity contribution is 5.98. The Morgan fingerprint density at radius 2 is 2.03 bits per heavy atom. The Kier molecular flexibility index (Phi) is 5.29. The largest absolute Gasteiger partial charge is 0.355 e. The molecule has 0 bridgehead atoms. The van der Waals surface area contributed by atoms with Gasteiger partial charge in [-0.1, -0.05) is 12.1 Å². The smallest absolute Gasteiger partial charge is 0.257 e. The number of piperidine rings is 1. The zero-order valence-electron chi connectivity index (χ0n) is 16.6. The number of nitrogens with zero attached hydrogens (tertiary/aromatic N) is 4. The van der Waals surface area contributed by atoms with E-state index in [2.05, 4.69) is 20.1 Å². The number of H-pyrrole nitrogens is 1. The first-order valence-electron chi connectivity index (χ1n) is 9.75. The topological polar surface area (TPSA) is 65.1 Å². The first-order chi connectivity index (χ1) is 14.0. The molecule has 1 atom stereocenters. The lowest BCUT2D eigenvalue weighted by atomic mass is 9.90. The molecular formula is C22H24FN5O. The van der Waals surface area contributed by atoms with E-state index in [0.717, 1.165) is 48.6 Å². The van der Waals surface area contributed by atoms with Gasteiger partial charge in [0, 0.05) is 50.6 Å². The van der Waals surface area contributed by atoms with Crippen LogP contribution in [-0.2, 0) is 0 Å². The third-order valence-corrected chi connectivity index (χ3v) is 5.38. The molecule has 0 spiro atoms. The SMILES string of the molecule is CN(C)C(=O)c1cccnc1N1CCC[C@H](c2[nH]ncc2-c2ccc(F)cc2)C1. The Bertz CT molecular complexity index is 998. The number of halogens is 1. The fraction of sp³-hybridized carbons (Fsp3) is 0.318. The molecule has 1 aliphatic rings.